The predicted octanol–water partition coefficient (Wildman–Crippen LogP) is 0.435. The summed E-state index contributed by atoms with van der Waals surface area (Å²) in [5.41, 5.74) is 5.71. The predicted molar refractivity (Wildman–Crippen MR) is 92.4 cm³/mol. The molecule has 1 amide bonds. The molecule has 126 valence electrons. The zero-order chi connectivity index (χ0) is 16.5. The van der Waals surface area contributed by atoms with Gasteiger partial charge in [0.15, 0.2) is 5.96 Å². The molecule has 7 nitrogen and oxygen atoms in total. The van der Waals surface area contributed by atoms with Gasteiger partial charge in [0.1, 0.15) is 5.82 Å². The molecule has 23 heavy (non-hydrogen) atoms. The van der Waals surface area contributed by atoms with Crippen LogP contribution in [0.5, 0.6) is 0 Å². The minimum absolute atomic E-state index is 0.154. The third kappa shape index (κ3) is 5.43. The Bertz CT molecular complexity index is 511. The van der Waals surface area contributed by atoms with Crippen LogP contribution in [0.2, 0.25) is 0 Å². The summed E-state index contributed by atoms with van der Waals surface area (Å²) in [6.07, 6.45) is 3.19. The van der Waals surface area contributed by atoms with E-state index in [9.17, 15) is 4.79 Å². The number of aliphatic imine (C=N–C) groups is 1. The fourth-order valence-electron chi connectivity index (χ4n) is 2.47. The number of carbonyl (C=O) groups is 1. The number of nitrogens with two attached hydrogens (primary N) is 1. The van der Waals surface area contributed by atoms with Gasteiger partial charge in [0.25, 0.3) is 0 Å². The van der Waals surface area contributed by atoms with Crippen LogP contribution in [0.1, 0.15) is 19.8 Å². The number of rotatable bonds is 6. The Labute approximate surface area is 137 Å². The van der Waals surface area contributed by atoms with E-state index >= 15 is 0 Å². The summed E-state index contributed by atoms with van der Waals surface area (Å²) in [5, 5.41) is 2.98. The SMILES string of the molecule is CCCN=C(N)NCCC(=O)N1CCN(c2ccccn2)CC1. The number of aromatic nitrogens is 1. The Kier molecular flexibility index (Phi) is 6.65. The van der Waals surface area contributed by atoms with E-state index in [1.165, 1.54) is 0 Å². The zero-order valence-corrected chi connectivity index (χ0v) is 13.7. The van der Waals surface area contributed by atoms with Gasteiger partial charge in [0.2, 0.25) is 5.91 Å². The van der Waals surface area contributed by atoms with Crippen molar-refractivity contribution in [2.75, 3.05) is 44.2 Å². The molecule has 0 radical (unpaired) electrons. The molecule has 0 unspecified atom stereocenters. The Morgan fingerprint density at radius 3 is 2.78 bits per heavy atom. The lowest BCUT2D eigenvalue weighted by molar-refractivity contribution is -0.131. The maximum atomic E-state index is 12.2. The first-order chi connectivity index (χ1) is 11.2. The van der Waals surface area contributed by atoms with Crippen LogP contribution in [-0.4, -0.2) is 61.0 Å². The van der Waals surface area contributed by atoms with Gasteiger partial charge in [-0.3, -0.25) is 9.79 Å². The first-order valence-corrected chi connectivity index (χ1v) is 8.18. The highest BCUT2D eigenvalue weighted by Gasteiger charge is 2.21. The summed E-state index contributed by atoms with van der Waals surface area (Å²) < 4.78 is 0. The number of hydrogen-bond donors (Lipinski definition) is 2. The highest BCUT2D eigenvalue weighted by Crippen LogP contribution is 2.12. The van der Waals surface area contributed by atoms with Gasteiger partial charge in [-0.1, -0.05) is 13.0 Å². The van der Waals surface area contributed by atoms with E-state index in [4.69, 9.17) is 5.73 Å². The van der Waals surface area contributed by atoms with Gasteiger partial charge in [-0.25, -0.2) is 4.98 Å². The van der Waals surface area contributed by atoms with E-state index in [1.807, 2.05) is 30.0 Å². The minimum atomic E-state index is 0.154. The number of amides is 1. The summed E-state index contributed by atoms with van der Waals surface area (Å²) in [4.78, 5) is 24.8. The van der Waals surface area contributed by atoms with Crippen LogP contribution in [0.4, 0.5) is 5.82 Å². The molecular formula is C16H26N6O. The second kappa shape index (κ2) is 8.97. The van der Waals surface area contributed by atoms with E-state index < -0.39 is 0 Å². The van der Waals surface area contributed by atoms with Gasteiger partial charge in [0.05, 0.1) is 0 Å². The highest BCUT2D eigenvalue weighted by molar-refractivity contribution is 5.80. The monoisotopic (exact) mass is 318 g/mol. The van der Waals surface area contributed by atoms with Crippen molar-refractivity contribution in [3.05, 3.63) is 24.4 Å². The van der Waals surface area contributed by atoms with Crippen LogP contribution >= 0.6 is 0 Å². The third-order valence-electron chi connectivity index (χ3n) is 3.76. The van der Waals surface area contributed by atoms with Crippen molar-refractivity contribution in [3.63, 3.8) is 0 Å². The number of guanidine groups is 1. The molecule has 1 aromatic rings. The van der Waals surface area contributed by atoms with E-state index in [0.717, 1.165) is 38.4 Å². The first kappa shape index (κ1) is 17.1. The average Bonchev–Trinajstić information content (AvgIpc) is 2.60. The number of nitrogens with one attached hydrogen (secondary N) is 1. The molecule has 0 bridgehead atoms. The normalized spacial score (nSPS) is 15.6. The molecule has 0 spiro atoms. The number of hydrogen-bond acceptors (Lipinski definition) is 4. The molecule has 1 fully saturated rings. The van der Waals surface area contributed by atoms with Crippen LogP contribution < -0.4 is 16.0 Å². The summed E-state index contributed by atoms with van der Waals surface area (Å²) in [6.45, 7) is 6.38. The molecule has 1 aliphatic heterocycles. The maximum absolute atomic E-state index is 12.2. The van der Waals surface area contributed by atoms with Crippen molar-refractivity contribution in [3.8, 4) is 0 Å². The van der Waals surface area contributed by atoms with E-state index in [2.05, 4.69) is 20.2 Å². The second-order valence-electron chi connectivity index (χ2n) is 5.50. The van der Waals surface area contributed by atoms with Gasteiger partial charge in [-0.2, -0.15) is 0 Å². The largest absolute Gasteiger partial charge is 0.370 e. The fourth-order valence-corrected chi connectivity index (χ4v) is 2.47. The summed E-state index contributed by atoms with van der Waals surface area (Å²) in [5.74, 6) is 1.54. The number of nitrogens with zero attached hydrogens (tertiary/aromatic N) is 4. The molecule has 2 rings (SSSR count). The van der Waals surface area contributed by atoms with Crippen molar-refractivity contribution in [1.29, 1.82) is 0 Å². The molecule has 0 aromatic carbocycles. The van der Waals surface area contributed by atoms with Crippen LogP contribution in [-0.2, 0) is 4.79 Å². The fraction of sp³-hybridized carbons (Fsp3) is 0.562. The van der Waals surface area contributed by atoms with Gasteiger partial charge in [0, 0.05) is 51.9 Å². The molecule has 7 heteroatoms. The van der Waals surface area contributed by atoms with Gasteiger partial charge < -0.3 is 20.9 Å². The Morgan fingerprint density at radius 1 is 1.35 bits per heavy atom. The van der Waals surface area contributed by atoms with Gasteiger partial charge >= 0.3 is 0 Å². The summed E-state index contributed by atoms with van der Waals surface area (Å²) in [7, 11) is 0. The Morgan fingerprint density at radius 2 is 2.13 bits per heavy atom. The minimum Gasteiger partial charge on any atom is -0.370 e. The second-order valence-corrected chi connectivity index (χ2v) is 5.50. The number of carbonyl (C=O) groups excluding carboxylic acids is 1. The van der Waals surface area contributed by atoms with E-state index in [-0.39, 0.29) is 5.91 Å². The molecule has 0 aliphatic carbocycles. The number of anilines is 1. The quantitative estimate of drug-likeness (QED) is 0.587. The molecule has 1 aromatic heterocycles. The van der Waals surface area contributed by atoms with Crippen molar-refractivity contribution >= 4 is 17.7 Å². The highest BCUT2D eigenvalue weighted by atomic mass is 16.2. The van der Waals surface area contributed by atoms with Crippen LogP contribution in [0.15, 0.2) is 29.4 Å². The molecule has 1 saturated heterocycles. The van der Waals surface area contributed by atoms with Crippen molar-refractivity contribution in [1.82, 2.24) is 15.2 Å². The first-order valence-electron chi connectivity index (χ1n) is 8.18. The number of piperazine rings is 1. The summed E-state index contributed by atoms with van der Waals surface area (Å²) in [6, 6.07) is 5.89. The molecule has 2 heterocycles. The standard InChI is InChI=1S/C16H26N6O/c1-2-7-19-16(17)20-9-6-15(23)22-12-10-21(11-13-22)14-5-3-4-8-18-14/h3-5,8H,2,6-7,9-13H2,1H3,(H3,17,19,20). The van der Waals surface area contributed by atoms with Crippen LogP contribution in [0.3, 0.4) is 0 Å². The lowest BCUT2D eigenvalue weighted by atomic mass is 10.2. The lowest BCUT2D eigenvalue weighted by Crippen LogP contribution is -2.49. The van der Waals surface area contributed by atoms with Crippen molar-refractivity contribution in [2.24, 2.45) is 10.7 Å². The van der Waals surface area contributed by atoms with E-state index in [0.29, 0.717) is 25.5 Å². The van der Waals surface area contributed by atoms with Crippen LogP contribution in [0, 0.1) is 0 Å². The topological polar surface area (TPSA) is 86.8 Å². The molecule has 3 N–H and O–H groups in total. The Hall–Kier alpha value is -2.31. The number of pyridine rings is 1. The maximum Gasteiger partial charge on any atom is 0.224 e. The molecule has 0 atom stereocenters. The molecular weight excluding hydrogens is 292 g/mol. The smallest absolute Gasteiger partial charge is 0.224 e. The lowest BCUT2D eigenvalue weighted by Gasteiger charge is -2.35. The average molecular weight is 318 g/mol. The van der Waals surface area contributed by atoms with Crippen LogP contribution in [0.25, 0.3) is 0 Å². The Balaban J connectivity index is 1.69. The van der Waals surface area contributed by atoms with Gasteiger partial charge in [-0.15, -0.1) is 0 Å². The molecule has 1 aliphatic rings. The third-order valence-corrected chi connectivity index (χ3v) is 3.76. The van der Waals surface area contributed by atoms with E-state index in [1.54, 1.807) is 6.20 Å². The summed E-state index contributed by atoms with van der Waals surface area (Å²) >= 11 is 0. The van der Waals surface area contributed by atoms with Crippen molar-refractivity contribution in [2.45, 2.75) is 19.8 Å². The zero-order valence-electron chi connectivity index (χ0n) is 13.7. The van der Waals surface area contributed by atoms with Crippen molar-refractivity contribution < 1.29 is 4.79 Å². The van der Waals surface area contributed by atoms with Gasteiger partial charge in [-0.05, 0) is 18.6 Å². The molecule has 0 saturated carbocycles.